The molecule has 46 heavy (non-hydrogen) atoms. The first-order chi connectivity index (χ1) is 22.0. The molecule has 5 saturated heterocycles. The second-order valence-electron chi connectivity index (χ2n) is 12.0. The molecule has 2 aromatic carbocycles. The van der Waals surface area contributed by atoms with Gasteiger partial charge in [-0.2, -0.15) is 16.8 Å². The van der Waals surface area contributed by atoms with Crippen LogP contribution in [-0.2, 0) is 57.0 Å². The third-order valence-corrected chi connectivity index (χ3v) is 11.2. The summed E-state index contributed by atoms with van der Waals surface area (Å²) in [6.45, 7) is 5.21. The largest absolute Gasteiger partial charge is 0.388 e. The van der Waals surface area contributed by atoms with Crippen molar-refractivity contribution < 1.29 is 58.7 Å². The molecule has 2 aromatic rings. The first-order valence-electron chi connectivity index (χ1n) is 15.4. The van der Waals surface area contributed by atoms with Crippen molar-refractivity contribution >= 4 is 20.2 Å². The van der Waals surface area contributed by atoms with E-state index in [4.69, 9.17) is 36.8 Å². The molecule has 0 aliphatic carbocycles. The highest BCUT2D eigenvalue weighted by molar-refractivity contribution is 7.87. The Balaban J connectivity index is 0.000000167. The molecule has 1 unspecified atom stereocenters. The van der Waals surface area contributed by atoms with Crippen molar-refractivity contribution in [2.45, 2.75) is 98.0 Å². The van der Waals surface area contributed by atoms with Crippen molar-refractivity contribution in [2.24, 2.45) is 0 Å². The van der Waals surface area contributed by atoms with Crippen LogP contribution in [0.4, 0.5) is 0 Å². The van der Waals surface area contributed by atoms with Crippen LogP contribution in [0, 0.1) is 13.8 Å². The fraction of sp³-hybridized carbons (Fsp3) is 0.613. The van der Waals surface area contributed by atoms with Crippen LogP contribution in [0.25, 0.3) is 0 Å². The summed E-state index contributed by atoms with van der Waals surface area (Å²) < 4.78 is 93.7. The van der Waals surface area contributed by atoms with Crippen LogP contribution in [0.15, 0.2) is 58.3 Å². The SMILES string of the molecule is Cc1ccc(S(=O)(=O)O[C@H]2CO[C@H]3[C@@H]2OC[C@H]3O)cc1.Cc1ccc(S(=O)(=O)O[C@H]2CO[C@H]3[C@@H]2OC[C@H]3OC2CCCCO2)cc1. The summed E-state index contributed by atoms with van der Waals surface area (Å²) in [7, 11) is -7.73. The Morgan fingerprint density at radius 2 is 1.07 bits per heavy atom. The van der Waals surface area contributed by atoms with Gasteiger partial charge in [0.15, 0.2) is 6.29 Å². The topological polar surface area (TPSA) is 162 Å². The van der Waals surface area contributed by atoms with Gasteiger partial charge in [0.2, 0.25) is 0 Å². The predicted octanol–water partition coefficient (Wildman–Crippen LogP) is 2.01. The fourth-order valence-corrected chi connectivity index (χ4v) is 8.16. The average Bonchev–Trinajstić information content (AvgIpc) is 3.80. The van der Waals surface area contributed by atoms with Gasteiger partial charge in [-0.25, -0.2) is 0 Å². The van der Waals surface area contributed by atoms with Gasteiger partial charge in [-0.1, -0.05) is 35.4 Å². The van der Waals surface area contributed by atoms with Gasteiger partial charge in [0.25, 0.3) is 20.2 Å². The van der Waals surface area contributed by atoms with Crippen LogP contribution >= 0.6 is 0 Å². The second kappa shape index (κ2) is 14.2. The first-order valence-corrected chi connectivity index (χ1v) is 18.2. The number of aryl methyl sites for hydroxylation is 2. The second-order valence-corrected chi connectivity index (χ2v) is 15.2. The van der Waals surface area contributed by atoms with Crippen molar-refractivity contribution in [2.75, 3.05) is 33.0 Å². The van der Waals surface area contributed by atoms with E-state index >= 15 is 0 Å². The standard InChI is InChI=1S/C18H24O7S.C13H16O6S/c1-12-5-7-13(8-6-12)26(19,20)25-15-11-23-17-14(10-22-18(15)17)24-16-4-2-3-9-21-16;1-8-2-4-9(5-3-8)20(15,16)19-11-7-18-12-10(14)6-17-13(11)12/h5-8,14-18H,2-4,9-11H2,1H3;2-5,10-14H,6-7H2,1H3/t14-,15+,16?,17-,18-;10-,11+,12-,13-/m11/s1. The molecule has 0 bridgehead atoms. The highest BCUT2D eigenvalue weighted by atomic mass is 32.2. The minimum Gasteiger partial charge on any atom is -0.388 e. The highest BCUT2D eigenvalue weighted by Gasteiger charge is 2.51. The number of rotatable bonds is 8. The van der Waals surface area contributed by atoms with E-state index in [2.05, 4.69) is 0 Å². The summed E-state index contributed by atoms with van der Waals surface area (Å²) in [6.07, 6.45) is -1.47. The molecule has 13 nitrogen and oxygen atoms in total. The van der Waals surface area contributed by atoms with Crippen LogP contribution in [0.5, 0.6) is 0 Å². The Hall–Kier alpha value is -2.02. The summed E-state index contributed by atoms with van der Waals surface area (Å²) in [4.78, 5) is 0.234. The molecule has 0 amide bonds. The van der Waals surface area contributed by atoms with E-state index in [9.17, 15) is 21.9 Å². The van der Waals surface area contributed by atoms with E-state index in [0.29, 0.717) is 13.2 Å². The van der Waals surface area contributed by atoms with Crippen LogP contribution < -0.4 is 0 Å². The number of hydrogen-bond donors (Lipinski definition) is 1. The molecule has 254 valence electrons. The smallest absolute Gasteiger partial charge is 0.297 e. The van der Waals surface area contributed by atoms with E-state index in [1.165, 1.54) is 12.1 Å². The Bertz CT molecular complexity index is 1530. The molecule has 5 fully saturated rings. The van der Waals surface area contributed by atoms with Gasteiger partial charge in [0, 0.05) is 6.61 Å². The lowest BCUT2D eigenvalue weighted by molar-refractivity contribution is -0.202. The van der Waals surface area contributed by atoms with E-state index in [1.807, 2.05) is 13.8 Å². The third-order valence-electron chi connectivity index (χ3n) is 8.53. The number of fused-ring (bicyclic) bond motifs is 2. The van der Waals surface area contributed by atoms with Gasteiger partial charge in [0.1, 0.15) is 48.8 Å². The molecule has 5 heterocycles. The van der Waals surface area contributed by atoms with Crippen molar-refractivity contribution in [3.8, 4) is 0 Å². The Labute approximate surface area is 269 Å². The molecular formula is C31H40O13S2. The summed E-state index contributed by atoms with van der Waals surface area (Å²) >= 11 is 0. The third kappa shape index (κ3) is 7.65. The lowest BCUT2D eigenvalue weighted by atomic mass is 10.1. The Morgan fingerprint density at radius 1 is 0.609 bits per heavy atom. The number of aliphatic hydroxyl groups excluding tert-OH is 1. The maximum atomic E-state index is 12.5. The van der Waals surface area contributed by atoms with E-state index in [0.717, 1.165) is 30.4 Å². The van der Waals surface area contributed by atoms with Crippen molar-refractivity contribution in [1.82, 2.24) is 0 Å². The van der Waals surface area contributed by atoms with Gasteiger partial charge in [-0.3, -0.25) is 8.37 Å². The van der Waals surface area contributed by atoms with Crippen molar-refractivity contribution in [3.05, 3.63) is 59.7 Å². The average molecular weight is 685 g/mol. The van der Waals surface area contributed by atoms with Gasteiger partial charge in [0.05, 0.1) is 36.2 Å². The predicted molar refractivity (Wildman–Crippen MR) is 160 cm³/mol. The zero-order chi connectivity index (χ0) is 32.5. The molecule has 0 saturated carbocycles. The first kappa shape index (κ1) is 33.9. The number of ether oxygens (including phenoxy) is 6. The maximum absolute atomic E-state index is 12.5. The van der Waals surface area contributed by atoms with E-state index in [-0.39, 0.29) is 48.1 Å². The molecule has 5 aliphatic heterocycles. The van der Waals surface area contributed by atoms with E-state index in [1.54, 1.807) is 36.4 Å². The number of aliphatic hydroxyl groups is 1. The van der Waals surface area contributed by atoms with Crippen LogP contribution in [-0.4, -0.2) is 110 Å². The highest BCUT2D eigenvalue weighted by Crippen LogP contribution is 2.34. The van der Waals surface area contributed by atoms with Crippen LogP contribution in [0.2, 0.25) is 0 Å². The molecule has 0 spiro atoms. The Morgan fingerprint density at radius 3 is 1.59 bits per heavy atom. The van der Waals surface area contributed by atoms with E-state index < -0.39 is 56.9 Å². The number of hydrogen-bond acceptors (Lipinski definition) is 13. The molecule has 5 aliphatic rings. The summed E-state index contributed by atoms with van der Waals surface area (Å²) in [6, 6.07) is 13.0. The fourth-order valence-electron chi connectivity index (χ4n) is 6.01. The molecule has 15 heteroatoms. The normalized spacial score (nSPS) is 34.1. The lowest BCUT2D eigenvalue weighted by Gasteiger charge is -2.27. The minimum absolute atomic E-state index is 0.0947. The van der Waals surface area contributed by atoms with Crippen molar-refractivity contribution in [3.63, 3.8) is 0 Å². The molecule has 0 aromatic heterocycles. The molecule has 1 N–H and O–H groups in total. The van der Waals surface area contributed by atoms with Gasteiger partial charge < -0.3 is 33.5 Å². The van der Waals surface area contributed by atoms with Crippen LogP contribution in [0.3, 0.4) is 0 Å². The molecule has 7 rings (SSSR count). The van der Waals surface area contributed by atoms with Gasteiger partial charge in [-0.15, -0.1) is 0 Å². The van der Waals surface area contributed by atoms with Crippen LogP contribution in [0.1, 0.15) is 30.4 Å². The van der Waals surface area contributed by atoms with Gasteiger partial charge >= 0.3 is 0 Å². The maximum Gasteiger partial charge on any atom is 0.297 e. The Kier molecular flexibility index (Phi) is 10.5. The molecule has 0 radical (unpaired) electrons. The monoisotopic (exact) mass is 684 g/mol. The van der Waals surface area contributed by atoms with Gasteiger partial charge in [-0.05, 0) is 57.4 Å². The lowest BCUT2D eigenvalue weighted by Crippen LogP contribution is -2.38. The summed E-state index contributed by atoms with van der Waals surface area (Å²) in [5.74, 6) is 0. The zero-order valence-corrected chi connectivity index (χ0v) is 27.3. The number of benzene rings is 2. The van der Waals surface area contributed by atoms with Crippen molar-refractivity contribution in [1.29, 1.82) is 0 Å². The molecular weight excluding hydrogens is 644 g/mol. The minimum atomic E-state index is -3.87. The summed E-state index contributed by atoms with van der Waals surface area (Å²) in [5.41, 5.74) is 1.95. The summed E-state index contributed by atoms with van der Waals surface area (Å²) in [5, 5.41) is 9.61. The zero-order valence-electron chi connectivity index (χ0n) is 25.6. The quantitative estimate of drug-likeness (QED) is 0.403. The molecule has 9 atom stereocenters.